The van der Waals surface area contributed by atoms with Gasteiger partial charge >= 0.3 is 12.0 Å². The summed E-state index contributed by atoms with van der Waals surface area (Å²) in [4.78, 5) is 23.5. The Morgan fingerprint density at radius 2 is 2.00 bits per heavy atom. The summed E-state index contributed by atoms with van der Waals surface area (Å²) in [7, 11) is 0. The van der Waals surface area contributed by atoms with Crippen molar-refractivity contribution in [3.63, 3.8) is 0 Å². The molecule has 2 aromatic heterocycles. The molecule has 2 N–H and O–H groups in total. The molecule has 0 bridgehead atoms. The molecule has 24 heavy (non-hydrogen) atoms. The number of carbonyl (C=O) groups is 2. The molecule has 2 amide bonds. The van der Waals surface area contributed by atoms with Gasteiger partial charge in [-0.25, -0.2) is 9.59 Å². The van der Waals surface area contributed by atoms with E-state index in [1.807, 2.05) is 26.8 Å². The SMILES string of the molecule is CCOC(=O)c1ccc(CNC(=O)NC(C)c2cc(C)oc2C)o1. The zero-order valence-corrected chi connectivity index (χ0v) is 14.3. The minimum Gasteiger partial charge on any atom is -0.466 e. The second-order valence-electron chi connectivity index (χ2n) is 5.40. The number of rotatable bonds is 6. The topological polar surface area (TPSA) is 93.7 Å². The van der Waals surface area contributed by atoms with Gasteiger partial charge in [0.15, 0.2) is 0 Å². The minimum atomic E-state index is -0.521. The number of urea groups is 1. The van der Waals surface area contributed by atoms with Crippen LogP contribution in [-0.4, -0.2) is 18.6 Å². The fraction of sp³-hybridized carbons (Fsp3) is 0.412. The fourth-order valence-electron chi connectivity index (χ4n) is 2.36. The van der Waals surface area contributed by atoms with Crippen molar-refractivity contribution in [2.45, 2.75) is 40.3 Å². The fourth-order valence-corrected chi connectivity index (χ4v) is 2.36. The van der Waals surface area contributed by atoms with Crippen LogP contribution >= 0.6 is 0 Å². The molecular formula is C17H22N2O5. The summed E-state index contributed by atoms with van der Waals surface area (Å²) in [5.74, 6) is 1.65. The molecular weight excluding hydrogens is 312 g/mol. The number of furan rings is 2. The Bertz CT molecular complexity index is 716. The van der Waals surface area contributed by atoms with Crippen LogP contribution < -0.4 is 10.6 Å². The van der Waals surface area contributed by atoms with Gasteiger partial charge in [0.05, 0.1) is 19.2 Å². The second-order valence-corrected chi connectivity index (χ2v) is 5.40. The standard InChI is InChI=1S/C17H22N2O5/c1-5-22-16(20)15-7-6-13(24-15)9-18-17(21)19-11(3)14-8-10(2)23-12(14)4/h6-8,11H,5,9H2,1-4H3,(H2,18,19,21). The summed E-state index contributed by atoms with van der Waals surface area (Å²) in [5.41, 5.74) is 0.935. The highest BCUT2D eigenvalue weighted by Crippen LogP contribution is 2.21. The largest absolute Gasteiger partial charge is 0.466 e. The third-order valence-electron chi connectivity index (χ3n) is 3.45. The van der Waals surface area contributed by atoms with E-state index in [1.54, 1.807) is 13.0 Å². The molecule has 0 radical (unpaired) electrons. The van der Waals surface area contributed by atoms with E-state index >= 15 is 0 Å². The van der Waals surface area contributed by atoms with Crippen molar-refractivity contribution in [3.05, 3.63) is 46.8 Å². The summed E-state index contributed by atoms with van der Waals surface area (Å²) in [5, 5.41) is 5.51. The van der Waals surface area contributed by atoms with E-state index in [-0.39, 0.29) is 31.0 Å². The smallest absolute Gasteiger partial charge is 0.374 e. The number of amides is 2. The lowest BCUT2D eigenvalue weighted by atomic mass is 10.1. The first-order chi connectivity index (χ1) is 11.4. The Hall–Kier alpha value is -2.70. The summed E-state index contributed by atoms with van der Waals surface area (Å²) in [6.45, 7) is 7.77. The molecule has 1 unspecified atom stereocenters. The predicted molar refractivity (Wildman–Crippen MR) is 86.6 cm³/mol. The summed E-state index contributed by atoms with van der Waals surface area (Å²) in [6, 6.07) is 4.52. The van der Waals surface area contributed by atoms with Crippen molar-refractivity contribution in [1.29, 1.82) is 0 Å². The second kappa shape index (κ2) is 7.72. The van der Waals surface area contributed by atoms with Crippen molar-refractivity contribution in [3.8, 4) is 0 Å². The summed E-state index contributed by atoms with van der Waals surface area (Å²) in [6.07, 6.45) is 0. The van der Waals surface area contributed by atoms with Crippen molar-refractivity contribution in [1.82, 2.24) is 10.6 Å². The van der Waals surface area contributed by atoms with Crippen LogP contribution in [-0.2, 0) is 11.3 Å². The average molecular weight is 334 g/mol. The summed E-state index contributed by atoms with van der Waals surface area (Å²) >= 11 is 0. The van der Waals surface area contributed by atoms with Gasteiger partial charge in [0.2, 0.25) is 5.76 Å². The number of hydrogen-bond donors (Lipinski definition) is 2. The normalized spacial score (nSPS) is 11.8. The quantitative estimate of drug-likeness (QED) is 0.791. The molecule has 7 heteroatoms. The first kappa shape index (κ1) is 17.7. The first-order valence-corrected chi connectivity index (χ1v) is 7.77. The van der Waals surface area contributed by atoms with Gasteiger partial charge in [0, 0.05) is 5.56 Å². The first-order valence-electron chi connectivity index (χ1n) is 7.77. The Labute approximate surface area is 140 Å². The molecule has 0 aliphatic carbocycles. The van der Waals surface area contributed by atoms with Crippen LogP contribution in [0.2, 0.25) is 0 Å². The minimum absolute atomic E-state index is 0.118. The number of ether oxygens (including phenoxy) is 1. The lowest BCUT2D eigenvalue weighted by Gasteiger charge is -2.13. The van der Waals surface area contributed by atoms with Crippen molar-refractivity contribution >= 4 is 12.0 Å². The molecule has 0 fully saturated rings. The third kappa shape index (κ3) is 4.41. The van der Waals surface area contributed by atoms with Gasteiger partial charge in [-0.2, -0.15) is 0 Å². The Balaban J connectivity index is 1.85. The van der Waals surface area contributed by atoms with E-state index < -0.39 is 5.97 Å². The lowest BCUT2D eigenvalue weighted by Crippen LogP contribution is -2.36. The van der Waals surface area contributed by atoms with E-state index in [4.69, 9.17) is 13.6 Å². The van der Waals surface area contributed by atoms with Gasteiger partial charge < -0.3 is 24.2 Å². The van der Waals surface area contributed by atoms with Crippen LogP contribution in [0.1, 0.15) is 53.3 Å². The summed E-state index contributed by atoms with van der Waals surface area (Å²) < 4.78 is 15.6. The van der Waals surface area contributed by atoms with Gasteiger partial charge in [-0.1, -0.05) is 0 Å². The van der Waals surface area contributed by atoms with E-state index in [0.717, 1.165) is 17.1 Å². The van der Waals surface area contributed by atoms with Crippen LogP contribution in [0, 0.1) is 13.8 Å². The maximum Gasteiger partial charge on any atom is 0.374 e. The highest BCUT2D eigenvalue weighted by molar-refractivity contribution is 5.86. The van der Waals surface area contributed by atoms with E-state index in [0.29, 0.717) is 5.76 Å². The van der Waals surface area contributed by atoms with Crippen LogP contribution in [0.4, 0.5) is 4.79 Å². The number of carbonyl (C=O) groups excluding carboxylic acids is 2. The van der Waals surface area contributed by atoms with Crippen LogP contribution in [0.15, 0.2) is 27.0 Å². The van der Waals surface area contributed by atoms with E-state index in [2.05, 4.69) is 10.6 Å². The molecule has 2 rings (SSSR count). The van der Waals surface area contributed by atoms with Gasteiger partial charge in [-0.15, -0.1) is 0 Å². The van der Waals surface area contributed by atoms with Crippen LogP contribution in [0.25, 0.3) is 0 Å². The van der Waals surface area contributed by atoms with Crippen molar-refractivity contribution in [2.24, 2.45) is 0 Å². The highest BCUT2D eigenvalue weighted by Gasteiger charge is 2.16. The zero-order valence-electron chi connectivity index (χ0n) is 14.3. The molecule has 0 spiro atoms. The number of hydrogen-bond acceptors (Lipinski definition) is 5. The maximum absolute atomic E-state index is 12.0. The molecule has 130 valence electrons. The third-order valence-corrected chi connectivity index (χ3v) is 3.45. The lowest BCUT2D eigenvalue weighted by molar-refractivity contribution is 0.0488. The number of nitrogens with one attached hydrogen (secondary N) is 2. The van der Waals surface area contributed by atoms with Gasteiger partial charge in [-0.05, 0) is 45.9 Å². The molecule has 7 nitrogen and oxygen atoms in total. The van der Waals surface area contributed by atoms with E-state index in [1.165, 1.54) is 6.07 Å². The van der Waals surface area contributed by atoms with Crippen molar-refractivity contribution in [2.75, 3.05) is 6.61 Å². The van der Waals surface area contributed by atoms with Crippen LogP contribution in [0.3, 0.4) is 0 Å². The van der Waals surface area contributed by atoms with Gasteiger partial charge in [0.25, 0.3) is 0 Å². The highest BCUT2D eigenvalue weighted by atomic mass is 16.5. The van der Waals surface area contributed by atoms with E-state index in [9.17, 15) is 9.59 Å². The monoisotopic (exact) mass is 334 g/mol. The average Bonchev–Trinajstić information content (AvgIpc) is 3.12. The van der Waals surface area contributed by atoms with Crippen LogP contribution in [0.5, 0.6) is 0 Å². The Morgan fingerprint density at radius 3 is 2.62 bits per heavy atom. The number of aryl methyl sites for hydroxylation is 2. The van der Waals surface area contributed by atoms with Crippen molar-refractivity contribution < 1.29 is 23.2 Å². The molecule has 0 saturated heterocycles. The zero-order chi connectivity index (χ0) is 17.7. The molecule has 0 saturated carbocycles. The Kier molecular flexibility index (Phi) is 5.68. The molecule has 2 heterocycles. The predicted octanol–water partition coefficient (Wildman–Crippen LogP) is 3.23. The maximum atomic E-state index is 12.0. The van der Waals surface area contributed by atoms with Gasteiger partial charge in [-0.3, -0.25) is 0 Å². The molecule has 0 aromatic carbocycles. The van der Waals surface area contributed by atoms with Gasteiger partial charge in [0.1, 0.15) is 17.3 Å². The number of esters is 1. The molecule has 0 aliphatic heterocycles. The molecule has 2 aromatic rings. The molecule has 0 aliphatic rings. The Morgan fingerprint density at radius 1 is 1.25 bits per heavy atom. The molecule has 1 atom stereocenters.